The van der Waals surface area contributed by atoms with E-state index in [4.69, 9.17) is 0 Å². The number of nitrogens with zero attached hydrogens (tertiary/aromatic N) is 2. The molecule has 0 spiro atoms. The van der Waals surface area contributed by atoms with E-state index in [1.165, 1.54) is 113 Å². The summed E-state index contributed by atoms with van der Waals surface area (Å²) in [5.74, 6) is 0. The van der Waals surface area contributed by atoms with Gasteiger partial charge in [-0.25, -0.2) is 9.97 Å². The van der Waals surface area contributed by atoms with Crippen LogP contribution >= 0.6 is 0 Å². The molecule has 0 radical (unpaired) electrons. The molecule has 1 aliphatic carbocycles. The maximum absolute atomic E-state index is 4.62. The summed E-state index contributed by atoms with van der Waals surface area (Å²) in [6.45, 7) is 2.30. The largest absolute Gasteiger partial charge is 0.355 e. The topological polar surface area (TPSA) is 57.4 Å². The van der Waals surface area contributed by atoms with Gasteiger partial charge in [-0.2, -0.15) is 0 Å². The Morgan fingerprint density at radius 2 is 0.925 bits per heavy atom. The van der Waals surface area contributed by atoms with E-state index in [1.807, 2.05) is 42.5 Å². The molecular formula is C49H56N4. The molecule has 0 amide bonds. The highest BCUT2D eigenvalue weighted by atomic mass is 14.8. The quantitative estimate of drug-likeness (QED) is 0.105. The summed E-state index contributed by atoms with van der Waals surface area (Å²) < 4.78 is 0. The molecule has 3 aliphatic rings. The Balaban J connectivity index is 0.000000166. The summed E-state index contributed by atoms with van der Waals surface area (Å²) >= 11 is 0. The molecule has 0 unspecified atom stereocenters. The molecule has 53 heavy (non-hydrogen) atoms. The van der Waals surface area contributed by atoms with Crippen molar-refractivity contribution < 1.29 is 0 Å². The molecule has 5 aromatic rings. The number of nitrogens with one attached hydrogen (secondary N) is 2. The van der Waals surface area contributed by atoms with Crippen LogP contribution in [0.4, 0.5) is 0 Å². The van der Waals surface area contributed by atoms with Gasteiger partial charge in [0.25, 0.3) is 0 Å². The first-order valence-electron chi connectivity index (χ1n) is 20.4. The number of benzene rings is 2. The SMILES string of the molecule is C1=Cc2cc3ccc(cc4ccc(cc5nc(cc1n2)C=C5)[nH]4)[nH]3.CCCCCCCCCCCCCCCCc1cccc2c1Cc1ccccc1-2. The number of aromatic nitrogens is 4. The summed E-state index contributed by atoms with van der Waals surface area (Å²) in [6, 6.07) is 32.3. The first-order chi connectivity index (χ1) is 26.2. The smallest absolute Gasteiger partial charge is 0.0659 e. The Morgan fingerprint density at radius 3 is 1.49 bits per heavy atom. The van der Waals surface area contributed by atoms with Crippen molar-refractivity contribution in [3.8, 4) is 11.1 Å². The highest BCUT2D eigenvalue weighted by molar-refractivity contribution is 5.79. The average molecular weight is 701 g/mol. The van der Waals surface area contributed by atoms with Gasteiger partial charge < -0.3 is 9.97 Å². The van der Waals surface area contributed by atoms with Gasteiger partial charge in [0, 0.05) is 22.1 Å². The first-order valence-corrected chi connectivity index (χ1v) is 20.4. The van der Waals surface area contributed by atoms with Crippen LogP contribution in [0.1, 0.15) is 136 Å². The van der Waals surface area contributed by atoms with E-state index in [1.54, 1.807) is 11.1 Å². The van der Waals surface area contributed by atoms with Crippen molar-refractivity contribution >= 4 is 46.4 Å². The monoisotopic (exact) mass is 700 g/mol. The summed E-state index contributed by atoms with van der Waals surface area (Å²) in [6.07, 6.45) is 30.5. The molecular weight excluding hydrogens is 645 g/mol. The molecule has 0 saturated heterocycles. The van der Waals surface area contributed by atoms with E-state index in [0.717, 1.165) is 51.3 Å². The van der Waals surface area contributed by atoms with E-state index in [-0.39, 0.29) is 0 Å². The maximum atomic E-state index is 4.62. The Kier molecular flexibility index (Phi) is 12.8. The third-order valence-electron chi connectivity index (χ3n) is 10.8. The molecule has 3 aromatic heterocycles. The van der Waals surface area contributed by atoms with Crippen molar-refractivity contribution in [3.63, 3.8) is 0 Å². The third-order valence-corrected chi connectivity index (χ3v) is 10.8. The second kappa shape index (κ2) is 18.7. The molecule has 272 valence electrons. The first kappa shape index (κ1) is 36.4. The van der Waals surface area contributed by atoms with Crippen LogP contribution in [0.2, 0.25) is 0 Å². The Labute approximate surface area is 316 Å². The molecule has 0 atom stereocenters. The van der Waals surface area contributed by atoms with Gasteiger partial charge in [0.15, 0.2) is 0 Å². The molecule has 2 aromatic carbocycles. The lowest BCUT2D eigenvalue weighted by Gasteiger charge is -2.09. The van der Waals surface area contributed by atoms with Crippen LogP contribution < -0.4 is 0 Å². The predicted octanol–water partition coefficient (Wildman–Crippen LogP) is 13.9. The predicted molar refractivity (Wildman–Crippen MR) is 228 cm³/mol. The van der Waals surface area contributed by atoms with Crippen LogP contribution in [-0.2, 0) is 12.8 Å². The van der Waals surface area contributed by atoms with Gasteiger partial charge in [-0.05, 0) is 120 Å². The van der Waals surface area contributed by atoms with Crippen molar-refractivity contribution in [2.45, 2.75) is 110 Å². The number of aromatic amines is 2. The van der Waals surface area contributed by atoms with Gasteiger partial charge in [0.1, 0.15) is 0 Å². The fourth-order valence-corrected chi connectivity index (χ4v) is 7.91. The van der Waals surface area contributed by atoms with Crippen LogP contribution in [0, 0.1) is 0 Å². The molecule has 8 bridgehead atoms. The number of hydrogen-bond donors (Lipinski definition) is 2. The van der Waals surface area contributed by atoms with Crippen molar-refractivity contribution in [2.75, 3.05) is 0 Å². The zero-order valence-electron chi connectivity index (χ0n) is 31.7. The summed E-state index contributed by atoms with van der Waals surface area (Å²) in [5, 5.41) is 0. The summed E-state index contributed by atoms with van der Waals surface area (Å²) in [4.78, 5) is 16.0. The molecule has 0 fully saturated rings. The lowest BCUT2D eigenvalue weighted by Crippen LogP contribution is -1.93. The van der Waals surface area contributed by atoms with Crippen molar-refractivity contribution in [1.29, 1.82) is 0 Å². The number of unbranched alkanes of at least 4 members (excludes halogenated alkanes) is 13. The molecule has 0 saturated carbocycles. The van der Waals surface area contributed by atoms with E-state index in [2.05, 4.69) is 99.7 Å². The van der Waals surface area contributed by atoms with Gasteiger partial charge in [0.2, 0.25) is 0 Å². The van der Waals surface area contributed by atoms with Crippen molar-refractivity contribution in [3.05, 3.63) is 130 Å². The van der Waals surface area contributed by atoms with E-state index in [0.29, 0.717) is 0 Å². The summed E-state index contributed by atoms with van der Waals surface area (Å²) in [7, 11) is 0. The minimum Gasteiger partial charge on any atom is -0.355 e. The average Bonchev–Trinajstić information content (AvgIpc) is 4.03. The van der Waals surface area contributed by atoms with Gasteiger partial charge in [-0.3, -0.25) is 0 Å². The molecule has 2 N–H and O–H groups in total. The molecule has 8 rings (SSSR count). The van der Waals surface area contributed by atoms with Crippen LogP contribution in [-0.4, -0.2) is 19.9 Å². The van der Waals surface area contributed by atoms with Gasteiger partial charge in [-0.1, -0.05) is 133 Å². The molecule has 2 aliphatic heterocycles. The Morgan fingerprint density at radius 1 is 0.453 bits per heavy atom. The van der Waals surface area contributed by atoms with Gasteiger partial charge >= 0.3 is 0 Å². The van der Waals surface area contributed by atoms with E-state index < -0.39 is 0 Å². The highest BCUT2D eigenvalue weighted by Crippen LogP contribution is 2.38. The van der Waals surface area contributed by atoms with Gasteiger partial charge in [0.05, 0.1) is 22.8 Å². The lowest BCUT2D eigenvalue weighted by molar-refractivity contribution is 0.535. The number of rotatable bonds is 15. The molecule has 4 nitrogen and oxygen atoms in total. The van der Waals surface area contributed by atoms with Crippen LogP contribution in [0.5, 0.6) is 0 Å². The van der Waals surface area contributed by atoms with Crippen LogP contribution in [0.3, 0.4) is 0 Å². The maximum Gasteiger partial charge on any atom is 0.0659 e. The zero-order valence-corrected chi connectivity index (χ0v) is 31.7. The lowest BCUT2D eigenvalue weighted by atomic mass is 9.96. The fourth-order valence-electron chi connectivity index (χ4n) is 7.91. The Hall–Kier alpha value is -4.96. The normalized spacial score (nSPS) is 12.4. The number of hydrogen-bond acceptors (Lipinski definition) is 2. The van der Waals surface area contributed by atoms with E-state index >= 15 is 0 Å². The second-order valence-corrected chi connectivity index (χ2v) is 15.0. The zero-order chi connectivity index (χ0) is 36.1. The highest BCUT2D eigenvalue weighted by Gasteiger charge is 2.19. The molecule has 5 heterocycles. The molecule has 4 heteroatoms. The van der Waals surface area contributed by atoms with Crippen LogP contribution in [0.25, 0.3) is 57.5 Å². The fraction of sp³-hybridized carbons (Fsp3) is 0.347. The standard InChI is InChI=1S/C29H42.C20H14N4/c1-2-3-4-5-6-7-8-9-10-11-12-13-14-15-19-25-21-18-23-28-27-22-17-16-20-26(27)24-29(25)28;1-2-14-10-16-5-6-18(23-16)12-20-8-7-19(24-20)11-17-4-3-15(22-17)9-13(1)21-14/h16-18,20-23H,2-15,19,24H2,1H3;1-12,21-22H. The summed E-state index contributed by atoms with van der Waals surface area (Å²) in [5.41, 5.74) is 15.5. The van der Waals surface area contributed by atoms with E-state index in [9.17, 15) is 0 Å². The van der Waals surface area contributed by atoms with Gasteiger partial charge in [-0.15, -0.1) is 0 Å². The number of fused-ring (bicyclic) bond motifs is 11. The van der Waals surface area contributed by atoms with Crippen molar-refractivity contribution in [1.82, 2.24) is 19.9 Å². The number of H-pyrrole nitrogens is 2. The number of aryl methyl sites for hydroxylation is 1. The van der Waals surface area contributed by atoms with Crippen LogP contribution in [0.15, 0.2) is 91.0 Å². The van der Waals surface area contributed by atoms with Crippen molar-refractivity contribution in [2.24, 2.45) is 0 Å². The Bertz CT molecular complexity index is 2090. The minimum atomic E-state index is 0.915. The third kappa shape index (κ3) is 10.3. The second-order valence-electron chi connectivity index (χ2n) is 15.0. The minimum absolute atomic E-state index is 0.915.